The summed E-state index contributed by atoms with van der Waals surface area (Å²) in [6.45, 7) is 7.87. The first-order valence-electron chi connectivity index (χ1n) is 11.2. The third-order valence-electron chi connectivity index (χ3n) is 7.43. The van der Waals surface area contributed by atoms with Crippen LogP contribution in [0.1, 0.15) is 57.1 Å². The van der Waals surface area contributed by atoms with Crippen LogP contribution in [0.25, 0.3) is 0 Å². The van der Waals surface area contributed by atoms with Gasteiger partial charge in [-0.1, -0.05) is 37.5 Å². The Morgan fingerprint density at radius 3 is 2.75 bits per heavy atom. The third kappa shape index (κ3) is 3.88. The zero-order valence-electron chi connectivity index (χ0n) is 17.8. The van der Waals surface area contributed by atoms with Crippen LogP contribution in [0.3, 0.4) is 0 Å². The fourth-order valence-electron chi connectivity index (χ4n) is 5.56. The lowest BCUT2D eigenvalue weighted by Gasteiger charge is -2.40. The first-order valence-corrected chi connectivity index (χ1v) is 11.2. The number of fused-ring (bicyclic) bond motifs is 1. The Morgan fingerprint density at radius 2 is 2.00 bits per heavy atom. The summed E-state index contributed by atoms with van der Waals surface area (Å²) in [6, 6.07) is 7.72. The van der Waals surface area contributed by atoms with E-state index in [1.807, 2.05) is 0 Å². The van der Waals surface area contributed by atoms with Gasteiger partial charge in [0.05, 0.1) is 5.41 Å². The Balaban J connectivity index is 1.46. The quantitative estimate of drug-likeness (QED) is 0.808. The highest BCUT2D eigenvalue weighted by molar-refractivity contribution is 6.32. The molecule has 1 unspecified atom stereocenters. The van der Waals surface area contributed by atoms with Crippen molar-refractivity contribution in [3.63, 3.8) is 0 Å². The molecule has 2 aliphatic heterocycles. The molecule has 4 rings (SSSR count). The van der Waals surface area contributed by atoms with Crippen LogP contribution >= 0.6 is 0 Å². The van der Waals surface area contributed by atoms with Gasteiger partial charge in [-0.05, 0) is 55.6 Å². The Bertz CT molecular complexity index is 717. The summed E-state index contributed by atoms with van der Waals surface area (Å²) in [7, 11) is 2.14. The number of hydrogen-bond acceptors (Lipinski definition) is 3. The monoisotopic (exact) mass is 382 g/mol. The molecule has 2 atom stereocenters. The molecule has 1 amide bonds. The van der Waals surface area contributed by atoms with Crippen molar-refractivity contribution in [2.75, 3.05) is 19.8 Å². The van der Waals surface area contributed by atoms with Gasteiger partial charge in [0.2, 0.25) is 5.91 Å². The van der Waals surface area contributed by atoms with E-state index in [4.69, 9.17) is 4.74 Å². The molecule has 0 spiro atoms. The van der Waals surface area contributed by atoms with Crippen molar-refractivity contribution >= 4 is 19.2 Å². The van der Waals surface area contributed by atoms with Crippen molar-refractivity contribution in [1.29, 1.82) is 0 Å². The summed E-state index contributed by atoms with van der Waals surface area (Å²) in [5, 5.41) is 3.86. The molecule has 28 heavy (non-hydrogen) atoms. The molecular formula is C23H35BN2O2. The molecule has 1 aromatic carbocycles. The highest BCUT2D eigenvalue weighted by Gasteiger charge is 2.49. The summed E-state index contributed by atoms with van der Waals surface area (Å²) >= 11 is 0. The Kier molecular flexibility index (Phi) is 5.84. The molecule has 0 aromatic heterocycles. The maximum atomic E-state index is 13.8. The highest BCUT2D eigenvalue weighted by Crippen LogP contribution is 2.46. The third-order valence-corrected chi connectivity index (χ3v) is 7.43. The fraction of sp³-hybridized carbons (Fsp3) is 0.696. The van der Waals surface area contributed by atoms with Crippen molar-refractivity contribution in [3.05, 3.63) is 29.3 Å². The van der Waals surface area contributed by atoms with E-state index in [0.29, 0.717) is 23.9 Å². The van der Waals surface area contributed by atoms with Gasteiger partial charge >= 0.3 is 0 Å². The summed E-state index contributed by atoms with van der Waals surface area (Å²) < 4.78 is 5.50. The largest absolute Gasteiger partial charge is 0.381 e. The van der Waals surface area contributed by atoms with Gasteiger partial charge in [0.15, 0.2) is 0 Å². The van der Waals surface area contributed by atoms with Gasteiger partial charge in [-0.2, -0.15) is 0 Å². The summed E-state index contributed by atoms with van der Waals surface area (Å²) in [6.07, 6.45) is 6.30. The van der Waals surface area contributed by atoms with Crippen LogP contribution in [0, 0.1) is 11.3 Å². The molecular weight excluding hydrogens is 347 g/mol. The average Bonchev–Trinajstić information content (AvgIpc) is 3.13. The van der Waals surface area contributed by atoms with Gasteiger partial charge in [0, 0.05) is 38.4 Å². The first kappa shape index (κ1) is 20.0. The number of carbonyl (C=O) groups excluding carboxylic acids is 1. The SMILES string of the molecule is Bc1ccc2c(c1)CN(C(=O)[C@@]1(C(C)C)CCC(NC3CCOCC3)C1)CC2. The zero-order chi connectivity index (χ0) is 19.7. The number of rotatable bonds is 4. The minimum atomic E-state index is -0.204. The normalized spacial score (nSPS) is 28.5. The second kappa shape index (κ2) is 8.20. The smallest absolute Gasteiger partial charge is 0.229 e. The van der Waals surface area contributed by atoms with Crippen molar-refractivity contribution in [1.82, 2.24) is 10.2 Å². The van der Waals surface area contributed by atoms with Crippen LogP contribution in [0.2, 0.25) is 0 Å². The Morgan fingerprint density at radius 1 is 1.21 bits per heavy atom. The number of hydrogen-bond donors (Lipinski definition) is 1. The molecule has 1 N–H and O–H groups in total. The van der Waals surface area contributed by atoms with Crippen LogP contribution in [-0.4, -0.2) is 50.5 Å². The molecule has 1 saturated carbocycles. The maximum absolute atomic E-state index is 13.8. The van der Waals surface area contributed by atoms with Crippen LogP contribution < -0.4 is 10.8 Å². The maximum Gasteiger partial charge on any atom is 0.229 e. The fourth-order valence-corrected chi connectivity index (χ4v) is 5.56. The molecule has 152 valence electrons. The highest BCUT2D eigenvalue weighted by atomic mass is 16.5. The number of amides is 1. The number of ether oxygens (including phenoxy) is 1. The topological polar surface area (TPSA) is 41.6 Å². The molecule has 1 saturated heterocycles. The number of benzene rings is 1. The van der Waals surface area contributed by atoms with E-state index < -0.39 is 0 Å². The molecule has 5 heteroatoms. The summed E-state index contributed by atoms with van der Waals surface area (Å²) in [5.41, 5.74) is 3.84. The lowest BCUT2D eigenvalue weighted by Crippen LogP contribution is -2.49. The predicted octanol–water partition coefficient (Wildman–Crippen LogP) is 1.79. The summed E-state index contributed by atoms with van der Waals surface area (Å²) in [4.78, 5) is 15.9. The van der Waals surface area contributed by atoms with E-state index in [1.54, 1.807) is 0 Å². The van der Waals surface area contributed by atoms with Gasteiger partial charge in [0.25, 0.3) is 0 Å². The minimum absolute atomic E-state index is 0.204. The van der Waals surface area contributed by atoms with Crippen molar-refractivity contribution in [3.8, 4) is 0 Å². The van der Waals surface area contributed by atoms with Gasteiger partial charge in [0.1, 0.15) is 7.85 Å². The molecule has 1 aliphatic carbocycles. The molecule has 0 radical (unpaired) electrons. The Hall–Kier alpha value is -1.33. The Labute approximate surface area is 170 Å². The van der Waals surface area contributed by atoms with Gasteiger partial charge in [-0.25, -0.2) is 0 Å². The zero-order valence-corrected chi connectivity index (χ0v) is 17.8. The lowest BCUT2D eigenvalue weighted by molar-refractivity contribution is -0.145. The second-order valence-corrected chi connectivity index (χ2v) is 9.55. The average molecular weight is 382 g/mol. The van der Waals surface area contributed by atoms with E-state index in [-0.39, 0.29) is 5.41 Å². The van der Waals surface area contributed by atoms with Gasteiger partial charge in [-0.15, -0.1) is 0 Å². The van der Waals surface area contributed by atoms with E-state index in [0.717, 1.165) is 64.8 Å². The first-order chi connectivity index (χ1) is 13.5. The van der Waals surface area contributed by atoms with Crippen molar-refractivity contribution < 1.29 is 9.53 Å². The number of nitrogens with one attached hydrogen (secondary N) is 1. The molecule has 1 aromatic rings. The van der Waals surface area contributed by atoms with Crippen LogP contribution in [0.5, 0.6) is 0 Å². The van der Waals surface area contributed by atoms with E-state index >= 15 is 0 Å². The minimum Gasteiger partial charge on any atom is -0.381 e. The lowest BCUT2D eigenvalue weighted by atomic mass is 9.73. The van der Waals surface area contributed by atoms with E-state index in [2.05, 4.69) is 50.1 Å². The second-order valence-electron chi connectivity index (χ2n) is 9.55. The van der Waals surface area contributed by atoms with E-state index in [1.165, 1.54) is 16.6 Å². The van der Waals surface area contributed by atoms with Crippen molar-refractivity contribution in [2.45, 2.75) is 71.0 Å². The predicted molar refractivity (Wildman–Crippen MR) is 116 cm³/mol. The molecule has 2 heterocycles. The van der Waals surface area contributed by atoms with E-state index in [9.17, 15) is 4.79 Å². The van der Waals surface area contributed by atoms with Crippen LogP contribution in [-0.2, 0) is 22.5 Å². The van der Waals surface area contributed by atoms with Gasteiger partial charge in [-0.3, -0.25) is 4.79 Å². The van der Waals surface area contributed by atoms with Crippen molar-refractivity contribution in [2.24, 2.45) is 11.3 Å². The van der Waals surface area contributed by atoms with Gasteiger partial charge < -0.3 is 15.0 Å². The van der Waals surface area contributed by atoms with Crippen LogP contribution in [0.4, 0.5) is 0 Å². The summed E-state index contributed by atoms with van der Waals surface area (Å²) in [5.74, 6) is 0.770. The molecule has 4 nitrogen and oxygen atoms in total. The standard InChI is InChI=1S/C23H35BN2O2/c1-16(2)23(9-5-21(14-23)25-20-7-11-28-12-8-20)22(27)26-10-6-17-3-4-19(24)13-18(17)15-26/h3-4,13,16,20-21,25H,5-12,14-15,24H2,1-2H3/t21?,23-/m0/s1. The molecule has 3 aliphatic rings. The molecule has 2 fully saturated rings. The number of carbonyl (C=O) groups is 1. The van der Waals surface area contributed by atoms with Crippen LogP contribution in [0.15, 0.2) is 18.2 Å². The molecule has 0 bridgehead atoms. The number of nitrogens with zero attached hydrogens (tertiary/aromatic N) is 1.